The number of carbonyl (C=O) groups excluding carboxylic acids is 1. The number of isocyanates is 1. The summed E-state index contributed by atoms with van der Waals surface area (Å²) in [5.41, 5.74) is 0. The molecule has 0 aliphatic rings. The van der Waals surface area contributed by atoms with Crippen molar-refractivity contribution >= 4 is 73.9 Å². The van der Waals surface area contributed by atoms with Crippen LogP contribution >= 0.6 is 67.8 Å². The minimum Gasteiger partial charge on any atom is -0.211 e. The number of halogens is 3. The van der Waals surface area contributed by atoms with Crippen molar-refractivity contribution in [2.75, 3.05) is 0 Å². The molecule has 0 spiro atoms. The van der Waals surface area contributed by atoms with Crippen LogP contribution in [0.3, 0.4) is 0 Å². The van der Waals surface area contributed by atoms with Gasteiger partial charge in [0.15, 0.2) is 0 Å². The second-order valence-corrected chi connectivity index (χ2v) is 11.5. The summed E-state index contributed by atoms with van der Waals surface area (Å²) in [5.74, 6) is 0. The van der Waals surface area contributed by atoms with Gasteiger partial charge in [-0.2, -0.15) is 4.99 Å². The third-order valence-electron chi connectivity index (χ3n) is 0.172. The van der Waals surface area contributed by atoms with Gasteiger partial charge in [0.05, 0.1) is 0 Å². The largest absolute Gasteiger partial charge is 0.237 e. The second-order valence-electron chi connectivity index (χ2n) is 0.671. The molecule has 0 radical (unpaired) electrons. The maximum Gasteiger partial charge on any atom is 0.237 e. The lowest BCUT2D eigenvalue weighted by Crippen LogP contribution is -1.88. The second kappa shape index (κ2) is 3.57. The summed E-state index contributed by atoms with van der Waals surface area (Å²) in [6.07, 6.45) is 1.46. The van der Waals surface area contributed by atoms with Crippen molar-refractivity contribution < 1.29 is 4.79 Å². The summed E-state index contributed by atoms with van der Waals surface area (Å²) in [7, 11) is 0. The molecule has 0 aliphatic heterocycles. The van der Waals surface area contributed by atoms with Gasteiger partial charge in [-0.05, 0) is 67.8 Å². The maximum atomic E-state index is 9.51. The molecule has 0 saturated carbocycles. The smallest absolute Gasteiger partial charge is 0.211 e. The summed E-state index contributed by atoms with van der Waals surface area (Å²) < 4.78 is -0.338. The minimum absolute atomic E-state index is 0.338. The van der Waals surface area contributed by atoms with Crippen LogP contribution in [0, 0.1) is 0 Å². The first kappa shape index (κ1) is 8.57. The number of nitrogens with zero attached hydrogens (tertiary/aromatic N) is 1. The predicted molar refractivity (Wildman–Crippen MR) is 52.9 cm³/mol. The van der Waals surface area contributed by atoms with E-state index in [1.165, 1.54) is 6.08 Å². The van der Waals surface area contributed by atoms with Gasteiger partial charge in [-0.1, -0.05) is 0 Å². The van der Waals surface area contributed by atoms with E-state index < -0.39 is 0 Å². The summed E-state index contributed by atoms with van der Waals surface area (Å²) >= 11 is 6.06. The normalized spacial score (nSPS) is 10.1. The quantitative estimate of drug-likeness (QED) is 0.205. The van der Waals surface area contributed by atoms with Gasteiger partial charge in [0.25, 0.3) is 0 Å². The molecule has 0 amide bonds. The van der Waals surface area contributed by atoms with Crippen LogP contribution in [0.5, 0.6) is 0 Å². The van der Waals surface area contributed by atoms with Crippen molar-refractivity contribution in [2.45, 2.75) is -0.441 Å². The third-order valence-corrected chi connectivity index (χ3v) is 0.896. The topological polar surface area (TPSA) is 29.4 Å². The van der Waals surface area contributed by atoms with Gasteiger partial charge in [0, 0.05) is 0 Å². The molecule has 0 aliphatic carbocycles. The van der Waals surface area contributed by atoms with E-state index in [-0.39, 0.29) is -0.441 Å². The Balaban J connectivity index is 3.80. The minimum atomic E-state index is -0.338. The summed E-state index contributed by atoms with van der Waals surface area (Å²) in [6, 6.07) is 0. The zero-order valence-corrected chi connectivity index (χ0v) is 9.46. The van der Waals surface area contributed by atoms with Crippen LogP contribution in [0.15, 0.2) is 4.99 Å². The van der Waals surface area contributed by atoms with Crippen molar-refractivity contribution in [3.8, 4) is 0 Å². The standard InChI is InChI=1S/C2I3NO/c3-2(4,5)6-1-7. The molecule has 7 heavy (non-hydrogen) atoms. The van der Waals surface area contributed by atoms with Gasteiger partial charge in [-0.25, -0.2) is 4.79 Å². The molecule has 0 saturated heterocycles. The van der Waals surface area contributed by atoms with E-state index in [0.29, 0.717) is 0 Å². The van der Waals surface area contributed by atoms with Gasteiger partial charge >= 0.3 is 0 Å². The lowest BCUT2D eigenvalue weighted by Gasteiger charge is -1.97. The van der Waals surface area contributed by atoms with E-state index in [2.05, 4.69) is 4.99 Å². The Kier molecular flexibility index (Phi) is 4.37. The summed E-state index contributed by atoms with van der Waals surface area (Å²) in [6.45, 7) is 0. The number of alkyl halides is 3. The SMILES string of the molecule is O=C=NC(I)(I)I. The third kappa shape index (κ3) is 7.57. The molecular weight excluding hydrogens is 435 g/mol. The van der Waals surface area contributed by atoms with Crippen LogP contribution in [0.2, 0.25) is 0 Å². The van der Waals surface area contributed by atoms with Gasteiger partial charge in [-0.15, -0.1) is 0 Å². The molecule has 0 unspecified atom stereocenters. The molecule has 0 heterocycles. The van der Waals surface area contributed by atoms with E-state index in [1.807, 2.05) is 67.8 Å². The van der Waals surface area contributed by atoms with Crippen LogP contribution in [0.1, 0.15) is 0 Å². The molecule has 0 bridgehead atoms. The zero-order chi connectivity index (χ0) is 5.91. The Morgan fingerprint density at radius 1 is 1.43 bits per heavy atom. The van der Waals surface area contributed by atoms with Crippen LogP contribution in [0.4, 0.5) is 0 Å². The predicted octanol–water partition coefficient (Wildman–Crippen LogP) is 2.24. The van der Waals surface area contributed by atoms with Gasteiger partial charge in [0.1, 0.15) is 0 Å². The maximum absolute atomic E-state index is 9.51. The molecule has 0 aromatic heterocycles. The van der Waals surface area contributed by atoms with Crippen LogP contribution in [0.25, 0.3) is 0 Å². The van der Waals surface area contributed by atoms with Crippen molar-refractivity contribution in [1.82, 2.24) is 0 Å². The average molecular weight is 435 g/mol. The molecule has 40 valence electrons. The fourth-order valence-corrected chi connectivity index (χ4v) is 0.347. The summed E-state index contributed by atoms with van der Waals surface area (Å²) in [4.78, 5) is 12.9. The van der Waals surface area contributed by atoms with E-state index in [1.54, 1.807) is 0 Å². The van der Waals surface area contributed by atoms with Crippen molar-refractivity contribution in [2.24, 2.45) is 4.99 Å². The Morgan fingerprint density at radius 2 is 1.86 bits per heavy atom. The highest BCUT2D eigenvalue weighted by Gasteiger charge is 2.12. The number of rotatable bonds is 1. The van der Waals surface area contributed by atoms with Gasteiger partial charge in [-0.3, -0.25) is 0 Å². The molecule has 2 nitrogen and oxygen atoms in total. The molecule has 0 atom stereocenters. The fourth-order valence-electron chi connectivity index (χ4n) is 0.0518. The Labute approximate surface area is 81.9 Å². The number of hydrogen-bond donors (Lipinski definition) is 0. The monoisotopic (exact) mass is 435 g/mol. The first-order chi connectivity index (χ1) is 3.06. The van der Waals surface area contributed by atoms with Crippen LogP contribution < -0.4 is 0 Å². The van der Waals surface area contributed by atoms with Crippen molar-refractivity contribution in [3.05, 3.63) is 0 Å². The highest BCUT2D eigenvalue weighted by atomic mass is 127. The Morgan fingerprint density at radius 3 is 1.86 bits per heavy atom. The lowest BCUT2D eigenvalue weighted by atomic mass is 11.4. The zero-order valence-electron chi connectivity index (χ0n) is 2.99. The lowest BCUT2D eigenvalue weighted by molar-refractivity contribution is 0.564. The molecule has 0 aromatic carbocycles. The van der Waals surface area contributed by atoms with E-state index in [9.17, 15) is 4.79 Å². The Bertz CT molecular complexity index is 100.0. The molecule has 0 fully saturated rings. The van der Waals surface area contributed by atoms with Crippen molar-refractivity contribution in [1.29, 1.82) is 0 Å². The molecule has 0 aromatic rings. The average Bonchev–Trinajstić information content (AvgIpc) is 1.30. The molecule has 0 rings (SSSR count). The summed E-state index contributed by atoms with van der Waals surface area (Å²) in [5, 5.41) is 0. The number of aliphatic imine (C=N–C) groups is 1. The van der Waals surface area contributed by atoms with Crippen molar-refractivity contribution in [3.63, 3.8) is 0 Å². The highest BCUT2D eigenvalue weighted by molar-refractivity contribution is 14.3. The molecule has 0 N–H and O–H groups in total. The van der Waals surface area contributed by atoms with E-state index in [0.717, 1.165) is 0 Å². The fraction of sp³-hybridized carbons (Fsp3) is 0.500. The van der Waals surface area contributed by atoms with E-state index in [4.69, 9.17) is 0 Å². The van der Waals surface area contributed by atoms with Crippen LogP contribution in [-0.4, -0.2) is 5.64 Å². The van der Waals surface area contributed by atoms with Gasteiger partial charge < -0.3 is 0 Å². The van der Waals surface area contributed by atoms with E-state index >= 15 is 0 Å². The molecule has 5 heteroatoms. The van der Waals surface area contributed by atoms with Crippen LogP contribution in [-0.2, 0) is 4.79 Å². The Hall–Kier alpha value is 1.57. The first-order valence-corrected chi connectivity index (χ1v) is 4.45. The first-order valence-electron chi connectivity index (χ1n) is 1.22. The van der Waals surface area contributed by atoms with Gasteiger partial charge in [0.2, 0.25) is 5.64 Å². The molecular formula is C2I3NO. The number of hydrogen-bond acceptors (Lipinski definition) is 2. The highest BCUT2D eigenvalue weighted by Crippen LogP contribution is 2.35.